The number of ether oxygens (including phenoxy) is 1. The molecule has 27 heavy (non-hydrogen) atoms. The van der Waals surface area contributed by atoms with Crippen LogP contribution >= 0.6 is 0 Å². The molecule has 2 amide bonds. The number of benzene rings is 1. The van der Waals surface area contributed by atoms with Gasteiger partial charge < -0.3 is 15.0 Å². The van der Waals surface area contributed by atoms with E-state index < -0.39 is 12.4 Å². The molecule has 1 aromatic carbocycles. The minimum atomic E-state index is -4.77. The summed E-state index contributed by atoms with van der Waals surface area (Å²) < 4.78 is 40.8. The van der Waals surface area contributed by atoms with Crippen LogP contribution in [0.3, 0.4) is 0 Å². The van der Waals surface area contributed by atoms with E-state index in [1.165, 1.54) is 24.3 Å². The van der Waals surface area contributed by atoms with Crippen LogP contribution < -0.4 is 10.1 Å². The fraction of sp³-hybridized carbons (Fsp3) is 0.556. The predicted octanol–water partition coefficient (Wildman–Crippen LogP) is 2.07. The Hall–Kier alpha value is -2.29. The van der Waals surface area contributed by atoms with Crippen LogP contribution in [0.25, 0.3) is 0 Å². The standard InChI is InChI=1S/C18H22F3N3O3/c19-18(20,21)27-14-6-4-13(5-7-14)16-17(26)22-8-11-24(16)12-15(25)23-9-2-1-3-10-23/h4-7,16H,1-3,8-12H2,(H,22,26)/t16-/m1/s1. The minimum absolute atomic E-state index is 0.0218. The third-order valence-electron chi connectivity index (χ3n) is 4.79. The molecule has 1 aromatic rings. The highest BCUT2D eigenvalue weighted by molar-refractivity contribution is 5.85. The average molecular weight is 385 g/mol. The number of likely N-dealkylation sites (tertiary alicyclic amines) is 1. The maximum absolute atomic E-state index is 12.6. The molecule has 0 aromatic heterocycles. The summed E-state index contributed by atoms with van der Waals surface area (Å²) in [6.07, 6.45) is -1.69. The van der Waals surface area contributed by atoms with Crippen molar-refractivity contribution in [3.63, 3.8) is 0 Å². The molecule has 1 atom stereocenters. The van der Waals surface area contributed by atoms with Gasteiger partial charge in [0, 0.05) is 26.2 Å². The lowest BCUT2D eigenvalue weighted by molar-refractivity contribution is -0.274. The molecule has 2 aliphatic rings. The number of piperazine rings is 1. The number of hydrogen-bond donors (Lipinski definition) is 1. The molecule has 0 saturated carbocycles. The van der Waals surface area contributed by atoms with E-state index in [1.807, 2.05) is 4.90 Å². The third kappa shape index (κ3) is 5.12. The van der Waals surface area contributed by atoms with Crippen LogP contribution in [0.4, 0.5) is 13.2 Å². The summed E-state index contributed by atoms with van der Waals surface area (Å²) >= 11 is 0. The van der Waals surface area contributed by atoms with Gasteiger partial charge in [-0.15, -0.1) is 13.2 Å². The Bertz CT molecular complexity index is 673. The Kier molecular flexibility index (Phi) is 5.88. The molecule has 0 spiro atoms. The minimum Gasteiger partial charge on any atom is -0.406 e. The number of hydrogen-bond acceptors (Lipinski definition) is 4. The van der Waals surface area contributed by atoms with E-state index in [4.69, 9.17) is 0 Å². The van der Waals surface area contributed by atoms with Gasteiger partial charge in [-0.1, -0.05) is 12.1 Å². The smallest absolute Gasteiger partial charge is 0.406 e. The molecule has 0 bridgehead atoms. The zero-order chi connectivity index (χ0) is 19.4. The molecule has 1 N–H and O–H groups in total. The van der Waals surface area contributed by atoms with E-state index in [9.17, 15) is 22.8 Å². The molecule has 2 heterocycles. The van der Waals surface area contributed by atoms with Gasteiger partial charge in [-0.3, -0.25) is 14.5 Å². The number of piperidine rings is 1. The predicted molar refractivity (Wildman–Crippen MR) is 90.9 cm³/mol. The number of carbonyl (C=O) groups is 2. The fourth-order valence-corrected chi connectivity index (χ4v) is 3.52. The highest BCUT2D eigenvalue weighted by Crippen LogP contribution is 2.28. The van der Waals surface area contributed by atoms with Gasteiger partial charge in [-0.2, -0.15) is 0 Å². The summed E-state index contributed by atoms with van der Waals surface area (Å²) in [7, 11) is 0. The molecular weight excluding hydrogens is 363 g/mol. The molecule has 6 nitrogen and oxygen atoms in total. The lowest BCUT2D eigenvalue weighted by Crippen LogP contribution is -2.53. The first-order chi connectivity index (χ1) is 12.8. The van der Waals surface area contributed by atoms with Gasteiger partial charge in [-0.05, 0) is 37.0 Å². The monoisotopic (exact) mass is 385 g/mol. The lowest BCUT2D eigenvalue weighted by atomic mass is 10.0. The molecule has 0 radical (unpaired) electrons. The van der Waals surface area contributed by atoms with Crippen molar-refractivity contribution in [2.24, 2.45) is 0 Å². The van der Waals surface area contributed by atoms with E-state index in [1.54, 1.807) is 4.90 Å². The van der Waals surface area contributed by atoms with Gasteiger partial charge in [0.15, 0.2) is 0 Å². The molecule has 9 heteroatoms. The summed E-state index contributed by atoms with van der Waals surface area (Å²) in [6.45, 7) is 2.49. The normalized spacial score (nSPS) is 21.7. The molecule has 0 aliphatic carbocycles. The van der Waals surface area contributed by atoms with Crippen LogP contribution in [0.2, 0.25) is 0 Å². The maximum atomic E-state index is 12.6. The van der Waals surface area contributed by atoms with E-state index in [0.717, 1.165) is 32.4 Å². The van der Waals surface area contributed by atoms with Crippen molar-refractivity contribution >= 4 is 11.8 Å². The quantitative estimate of drug-likeness (QED) is 0.862. The molecule has 148 valence electrons. The van der Waals surface area contributed by atoms with Crippen molar-refractivity contribution in [3.05, 3.63) is 29.8 Å². The number of halogens is 3. The van der Waals surface area contributed by atoms with E-state index >= 15 is 0 Å². The Morgan fingerprint density at radius 1 is 1.11 bits per heavy atom. The summed E-state index contributed by atoms with van der Waals surface area (Å²) in [6, 6.07) is 4.49. The number of rotatable bonds is 4. The van der Waals surface area contributed by atoms with E-state index in [2.05, 4.69) is 10.1 Å². The second-order valence-electron chi connectivity index (χ2n) is 6.72. The first-order valence-corrected chi connectivity index (χ1v) is 8.99. The van der Waals surface area contributed by atoms with Crippen LogP contribution in [0.1, 0.15) is 30.9 Å². The van der Waals surface area contributed by atoms with Crippen LogP contribution in [-0.2, 0) is 9.59 Å². The molecule has 3 rings (SSSR count). The molecule has 2 fully saturated rings. The Balaban J connectivity index is 1.72. The van der Waals surface area contributed by atoms with Crippen molar-refractivity contribution in [3.8, 4) is 5.75 Å². The fourth-order valence-electron chi connectivity index (χ4n) is 3.52. The summed E-state index contributed by atoms with van der Waals surface area (Å²) in [5, 5.41) is 2.75. The molecule has 2 aliphatic heterocycles. The second kappa shape index (κ2) is 8.16. The van der Waals surface area contributed by atoms with Gasteiger partial charge in [0.1, 0.15) is 11.8 Å². The highest BCUT2D eigenvalue weighted by Gasteiger charge is 2.34. The maximum Gasteiger partial charge on any atom is 0.573 e. The molecular formula is C18H22F3N3O3. The lowest BCUT2D eigenvalue weighted by Gasteiger charge is -2.36. The van der Waals surface area contributed by atoms with Crippen molar-refractivity contribution in [2.75, 3.05) is 32.7 Å². The SMILES string of the molecule is O=C1NCCN(CC(=O)N2CCCCC2)[C@@H]1c1ccc(OC(F)(F)F)cc1. The number of nitrogens with one attached hydrogen (secondary N) is 1. The first kappa shape index (κ1) is 19.5. The zero-order valence-electron chi connectivity index (χ0n) is 14.8. The summed E-state index contributed by atoms with van der Waals surface area (Å²) in [5.41, 5.74) is 0.521. The average Bonchev–Trinajstić information content (AvgIpc) is 2.62. The molecule has 2 saturated heterocycles. The van der Waals surface area contributed by atoms with Gasteiger partial charge in [0.05, 0.1) is 6.54 Å². The van der Waals surface area contributed by atoms with Gasteiger partial charge in [0.2, 0.25) is 11.8 Å². The molecule has 0 unspecified atom stereocenters. The van der Waals surface area contributed by atoms with Crippen LogP contribution in [0.5, 0.6) is 5.75 Å². The van der Waals surface area contributed by atoms with Crippen molar-refractivity contribution in [1.29, 1.82) is 0 Å². The van der Waals surface area contributed by atoms with Gasteiger partial charge in [0.25, 0.3) is 0 Å². The van der Waals surface area contributed by atoms with E-state index in [-0.39, 0.29) is 24.1 Å². The third-order valence-corrected chi connectivity index (χ3v) is 4.79. The van der Waals surface area contributed by atoms with Crippen molar-refractivity contribution in [1.82, 2.24) is 15.1 Å². The van der Waals surface area contributed by atoms with Gasteiger partial charge >= 0.3 is 6.36 Å². The van der Waals surface area contributed by atoms with Crippen molar-refractivity contribution < 1.29 is 27.5 Å². The number of amides is 2. The summed E-state index contributed by atoms with van der Waals surface area (Å²) in [5.74, 6) is -0.637. The first-order valence-electron chi connectivity index (χ1n) is 8.99. The largest absolute Gasteiger partial charge is 0.573 e. The topological polar surface area (TPSA) is 61.9 Å². The van der Waals surface area contributed by atoms with Crippen LogP contribution in [-0.4, -0.2) is 60.7 Å². The zero-order valence-corrected chi connectivity index (χ0v) is 14.8. The summed E-state index contributed by atoms with van der Waals surface area (Å²) in [4.78, 5) is 28.5. The number of alkyl halides is 3. The highest BCUT2D eigenvalue weighted by atomic mass is 19.4. The van der Waals surface area contributed by atoms with Crippen LogP contribution in [0.15, 0.2) is 24.3 Å². The van der Waals surface area contributed by atoms with Crippen molar-refractivity contribution in [2.45, 2.75) is 31.7 Å². The van der Waals surface area contributed by atoms with Crippen LogP contribution in [0, 0.1) is 0 Å². The Morgan fingerprint density at radius 2 is 1.78 bits per heavy atom. The van der Waals surface area contributed by atoms with E-state index in [0.29, 0.717) is 18.7 Å². The number of nitrogens with zero attached hydrogens (tertiary/aromatic N) is 2. The second-order valence-corrected chi connectivity index (χ2v) is 6.72. The Morgan fingerprint density at radius 3 is 2.41 bits per heavy atom. The van der Waals surface area contributed by atoms with Gasteiger partial charge in [-0.25, -0.2) is 0 Å². The Labute approximate surface area is 155 Å². The number of carbonyl (C=O) groups excluding carboxylic acids is 2.